The highest BCUT2D eigenvalue weighted by Crippen LogP contribution is 2.32. The van der Waals surface area contributed by atoms with Crippen LogP contribution in [0.2, 0.25) is 0 Å². The molecule has 0 amide bonds. The summed E-state index contributed by atoms with van der Waals surface area (Å²) in [6, 6.07) is 8.85. The molecule has 6 heteroatoms. The number of rotatable bonds is 2. The van der Waals surface area contributed by atoms with Crippen LogP contribution in [-0.4, -0.2) is 17.0 Å². The summed E-state index contributed by atoms with van der Waals surface area (Å²) in [5.74, 6) is -0.277. The zero-order valence-electron chi connectivity index (χ0n) is 9.95. The van der Waals surface area contributed by atoms with Crippen molar-refractivity contribution in [3.63, 3.8) is 0 Å². The first-order valence-electron chi connectivity index (χ1n) is 5.58. The number of fused-ring (bicyclic) bond motifs is 1. The number of hydrogen-bond donors (Lipinski definition) is 1. The molecule has 0 saturated carbocycles. The number of hydrogen-bond acceptors (Lipinski definition) is 4. The molecule has 0 aliphatic carbocycles. The van der Waals surface area contributed by atoms with E-state index in [9.17, 15) is 4.39 Å². The second-order valence-corrected chi connectivity index (χ2v) is 6.00. The van der Waals surface area contributed by atoms with Crippen molar-refractivity contribution < 1.29 is 4.39 Å². The van der Waals surface area contributed by atoms with Crippen LogP contribution in [0.4, 0.5) is 10.1 Å². The van der Waals surface area contributed by atoms with Crippen molar-refractivity contribution in [2.24, 2.45) is 0 Å². The van der Waals surface area contributed by atoms with E-state index >= 15 is 0 Å². The largest absolute Gasteiger partial charge is 0.388 e. The normalized spacial score (nSPS) is 10.9. The molecule has 0 saturated heterocycles. The summed E-state index contributed by atoms with van der Waals surface area (Å²) < 4.78 is 14.9. The van der Waals surface area contributed by atoms with Crippen molar-refractivity contribution >= 4 is 50.0 Å². The molecule has 2 aromatic heterocycles. The molecule has 0 aliphatic heterocycles. The Morgan fingerprint density at radius 1 is 1.21 bits per heavy atom. The smallest absolute Gasteiger partial charge is 0.145 e. The van der Waals surface area contributed by atoms with Crippen molar-refractivity contribution in [3.8, 4) is 10.6 Å². The van der Waals surface area contributed by atoms with Crippen molar-refractivity contribution in [2.75, 3.05) is 12.4 Å². The monoisotopic (exact) mass is 385 g/mol. The third-order valence-corrected chi connectivity index (χ3v) is 4.31. The van der Waals surface area contributed by atoms with Crippen LogP contribution in [0.1, 0.15) is 0 Å². The highest BCUT2D eigenvalue weighted by Gasteiger charge is 2.12. The third-order valence-electron chi connectivity index (χ3n) is 2.71. The summed E-state index contributed by atoms with van der Waals surface area (Å²) in [7, 11) is 1.76. The molecule has 0 atom stereocenters. The maximum absolute atomic E-state index is 14.0. The number of nitrogens with zero attached hydrogens (tertiary/aromatic N) is 2. The van der Waals surface area contributed by atoms with Gasteiger partial charge < -0.3 is 5.32 Å². The molecular weight excluding hydrogens is 376 g/mol. The van der Waals surface area contributed by atoms with Gasteiger partial charge in [0.15, 0.2) is 0 Å². The van der Waals surface area contributed by atoms with Crippen LogP contribution >= 0.6 is 33.9 Å². The Kier molecular flexibility index (Phi) is 3.36. The molecule has 0 aliphatic rings. The maximum atomic E-state index is 14.0. The van der Waals surface area contributed by atoms with Crippen molar-refractivity contribution in [1.29, 1.82) is 0 Å². The predicted molar refractivity (Wildman–Crippen MR) is 85.1 cm³/mol. The summed E-state index contributed by atoms with van der Waals surface area (Å²) in [5.41, 5.74) is 2.06. The highest BCUT2D eigenvalue weighted by atomic mass is 127. The summed E-state index contributed by atoms with van der Waals surface area (Å²) in [4.78, 5) is 9.66. The van der Waals surface area contributed by atoms with Gasteiger partial charge in [0.25, 0.3) is 0 Å². The number of nitrogens with one attached hydrogen (secondary N) is 1. The SMILES string of the molecule is CNc1ccc(-c2nc3ccc(I)nc3s2)c(F)c1. The third kappa shape index (κ3) is 2.42. The lowest BCUT2D eigenvalue weighted by Crippen LogP contribution is -1.90. The van der Waals surface area contributed by atoms with Crippen LogP contribution in [0.5, 0.6) is 0 Å². The number of benzene rings is 1. The molecule has 2 heterocycles. The predicted octanol–water partition coefficient (Wildman–Crippen LogP) is 4.14. The van der Waals surface area contributed by atoms with E-state index in [2.05, 4.69) is 37.9 Å². The van der Waals surface area contributed by atoms with E-state index < -0.39 is 0 Å². The minimum atomic E-state index is -0.277. The molecule has 3 rings (SSSR count). The van der Waals surface area contributed by atoms with Crippen LogP contribution in [0, 0.1) is 9.52 Å². The Hall–Kier alpha value is -1.28. The quantitative estimate of drug-likeness (QED) is 0.532. The Morgan fingerprint density at radius 2 is 2.05 bits per heavy atom. The molecule has 0 fully saturated rings. The summed E-state index contributed by atoms with van der Waals surface area (Å²) >= 11 is 3.56. The number of aromatic nitrogens is 2. The van der Waals surface area contributed by atoms with E-state index in [0.717, 1.165) is 19.7 Å². The lowest BCUT2D eigenvalue weighted by atomic mass is 10.2. The van der Waals surface area contributed by atoms with Gasteiger partial charge in [0.05, 0.1) is 0 Å². The number of anilines is 1. The van der Waals surface area contributed by atoms with E-state index in [1.54, 1.807) is 13.1 Å². The highest BCUT2D eigenvalue weighted by molar-refractivity contribution is 14.1. The average molecular weight is 385 g/mol. The maximum Gasteiger partial charge on any atom is 0.145 e. The van der Waals surface area contributed by atoms with Gasteiger partial charge in [-0.3, -0.25) is 0 Å². The molecule has 0 bridgehead atoms. The van der Waals surface area contributed by atoms with Gasteiger partial charge in [-0.15, -0.1) is 0 Å². The van der Waals surface area contributed by atoms with E-state index in [-0.39, 0.29) is 5.82 Å². The van der Waals surface area contributed by atoms with Gasteiger partial charge in [0.1, 0.15) is 24.9 Å². The van der Waals surface area contributed by atoms with Gasteiger partial charge in [0.2, 0.25) is 0 Å². The number of pyridine rings is 1. The second kappa shape index (κ2) is 5.01. The van der Waals surface area contributed by atoms with Crippen molar-refractivity contribution in [3.05, 3.63) is 39.8 Å². The molecule has 3 nitrogen and oxygen atoms in total. The molecule has 0 unspecified atom stereocenters. The molecule has 19 heavy (non-hydrogen) atoms. The fraction of sp³-hybridized carbons (Fsp3) is 0.0769. The van der Waals surface area contributed by atoms with Gasteiger partial charge in [-0.25, -0.2) is 14.4 Å². The Labute approximate surface area is 127 Å². The van der Waals surface area contributed by atoms with Gasteiger partial charge in [-0.2, -0.15) is 0 Å². The average Bonchev–Trinajstić information content (AvgIpc) is 2.81. The van der Waals surface area contributed by atoms with E-state index in [1.165, 1.54) is 17.4 Å². The zero-order valence-corrected chi connectivity index (χ0v) is 12.9. The Morgan fingerprint density at radius 3 is 2.79 bits per heavy atom. The zero-order chi connectivity index (χ0) is 13.4. The summed E-state index contributed by atoms with van der Waals surface area (Å²) in [5, 5.41) is 3.57. The molecule has 1 N–H and O–H groups in total. The first kappa shape index (κ1) is 12.7. The first-order valence-corrected chi connectivity index (χ1v) is 7.47. The summed E-state index contributed by atoms with van der Waals surface area (Å²) in [6.07, 6.45) is 0. The van der Waals surface area contributed by atoms with Crippen LogP contribution < -0.4 is 5.32 Å². The molecule has 0 spiro atoms. The fourth-order valence-electron chi connectivity index (χ4n) is 1.75. The van der Waals surface area contributed by atoms with Crippen LogP contribution in [0.25, 0.3) is 20.9 Å². The van der Waals surface area contributed by atoms with E-state index in [1.807, 2.05) is 18.2 Å². The first-order chi connectivity index (χ1) is 9.17. The van der Waals surface area contributed by atoms with Gasteiger partial charge >= 0.3 is 0 Å². The summed E-state index contributed by atoms with van der Waals surface area (Å²) in [6.45, 7) is 0. The van der Waals surface area contributed by atoms with Crippen molar-refractivity contribution in [1.82, 2.24) is 9.97 Å². The second-order valence-electron chi connectivity index (χ2n) is 3.92. The van der Waals surface area contributed by atoms with Crippen molar-refractivity contribution in [2.45, 2.75) is 0 Å². The molecule has 96 valence electrons. The van der Waals surface area contributed by atoms with Crippen LogP contribution in [0.3, 0.4) is 0 Å². The van der Waals surface area contributed by atoms with E-state index in [4.69, 9.17) is 0 Å². The topological polar surface area (TPSA) is 37.8 Å². The molecule has 1 aromatic carbocycles. The van der Waals surface area contributed by atoms with Gasteiger partial charge in [-0.05, 0) is 52.9 Å². The molecule has 0 radical (unpaired) electrons. The lowest BCUT2D eigenvalue weighted by Gasteiger charge is -2.02. The van der Waals surface area contributed by atoms with E-state index in [0.29, 0.717) is 10.6 Å². The minimum absolute atomic E-state index is 0.277. The molecular formula is C13H9FIN3S. The Balaban J connectivity index is 2.13. The standard InChI is InChI=1S/C13H9FIN3S/c1-16-7-2-3-8(9(14)6-7)12-17-10-4-5-11(15)18-13(10)19-12/h2-6,16H,1H3. The van der Waals surface area contributed by atoms with Crippen LogP contribution in [-0.2, 0) is 0 Å². The Bertz CT molecular complexity index is 757. The fourth-order valence-corrected chi connectivity index (χ4v) is 3.30. The number of halogens is 2. The number of thiazole rings is 1. The van der Waals surface area contributed by atoms with Gasteiger partial charge in [0, 0.05) is 18.3 Å². The molecule has 3 aromatic rings. The van der Waals surface area contributed by atoms with Crippen LogP contribution in [0.15, 0.2) is 30.3 Å². The van der Waals surface area contributed by atoms with Gasteiger partial charge in [-0.1, -0.05) is 11.3 Å². The minimum Gasteiger partial charge on any atom is -0.388 e. The lowest BCUT2D eigenvalue weighted by molar-refractivity contribution is 0.632.